The van der Waals surface area contributed by atoms with Gasteiger partial charge < -0.3 is 10.6 Å². The topological polar surface area (TPSA) is 73.8 Å². The molecule has 25 heavy (non-hydrogen) atoms. The highest BCUT2D eigenvalue weighted by molar-refractivity contribution is 14.0. The molecule has 1 fully saturated rings. The van der Waals surface area contributed by atoms with Gasteiger partial charge in [0.05, 0.1) is 5.75 Å². The van der Waals surface area contributed by atoms with E-state index in [0.717, 1.165) is 12.5 Å². The van der Waals surface area contributed by atoms with E-state index >= 15 is 0 Å². The maximum Gasteiger partial charge on any atom is 0.191 e. The summed E-state index contributed by atoms with van der Waals surface area (Å²) in [5.74, 6) is 1.62. The van der Waals surface area contributed by atoms with Gasteiger partial charge in [-0.2, -0.15) is 0 Å². The van der Waals surface area contributed by atoms with E-state index in [2.05, 4.69) is 34.4 Å². The molecule has 1 rings (SSSR count). The van der Waals surface area contributed by atoms with Gasteiger partial charge in [0, 0.05) is 31.9 Å². The Morgan fingerprint density at radius 3 is 2.28 bits per heavy atom. The van der Waals surface area contributed by atoms with Crippen molar-refractivity contribution in [1.82, 2.24) is 15.5 Å². The normalized spacial score (nSPS) is 18.7. The van der Waals surface area contributed by atoms with Crippen molar-refractivity contribution in [1.29, 1.82) is 0 Å². The molecule has 1 heterocycles. The molecule has 0 saturated carbocycles. The van der Waals surface area contributed by atoms with Crippen molar-refractivity contribution in [2.24, 2.45) is 10.9 Å². The first-order valence-electron chi connectivity index (χ1n) is 9.10. The van der Waals surface area contributed by atoms with Crippen molar-refractivity contribution >= 4 is 39.8 Å². The van der Waals surface area contributed by atoms with Crippen LogP contribution in [0.2, 0.25) is 0 Å². The second-order valence-corrected chi connectivity index (χ2v) is 9.70. The number of aliphatic imine (C=N–C) groups is 1. The Labute approximate surface area is 171 Å². The highest BCUT2D eigenvalue weighted by Gasteiger charge is 2.23. The molecule has 8 heteroatoms. The first-order chi connectivity index (χ1) is 11.2. The van der Waals surface area contributed by atoms with Crippen LogP contribution in [0.5, 0.6) is 0 Å². The molecule has 1 aliphatic heterocycles. The van der Waals surface area contributed by atoms with Crippen LogP contribution < -0.4 is 10.6 Å². The number of nitrogens with one attached hydrogen (secondary N) is 2. The molecule has 0 aliphatic carbocycles. The SMILES string of the molecule is CN=C(NCC(CC(C)C)N1CCCC1)NC(C)CCS(C)(=O)=O.I. The van der Waals surface area contributed by atoms with E-state index in [1.54, 1.807) is 7.05 Å². The van der Waals surface area contributed by atoms with Gasteiger partial charge in [0.15, 0.2) is 5.96 Å². The summed E-state index contributed by atoms with van der Waals surface area (Å²) in [6, 6.07) is 0.596. The van der Waals surface area contributed by atoms with Gasteiger partial charge in [-0.15, -0.1) is 24.0 Å². The summed E-state index contributed by atoms with van der Waals surface area (Å²) >= 11 is 0. The van der Waals surface area contributed by atoms with Gasteiger partial charge in [-0.1, -0.05) is 13.8 Å². The van der Waals surface area contributed by atoms with Crippen LogP contribution in [0.4, 0.5) is 0 Å². The second kappa shape index (κ2) is 12.3. The lowest BCUT2D eigenvalue weighted by atomic mass is 10.0. The lowest BCUT2D eigenvalue weighted by molar-refractivity contribution is 0.212. The minimum absolute atomic E-state index is 0. The van der Waals surface area contributed by atoms with Crippen LogP contribution in [0.25, 0.3) is 0 Å². The lowest BCUT2D eigenvalue weighted by Gasteiger charge is -2.30. The number of nitrogens with zero attached hydrogens (tertiary/aromatic N) is 2. The fourth-order valence-corrected chi connectivity index (χ4v) is 3.90. The zero-order valence-electron chi connectivity index (χ0n) is 16.4. The molecule has 0 aromatic heterocycles. The molecule has 2 N–H and O–H groups in total. The predicted molar refractivity (Wildman–Crippen MR) is 118 cm³/mol. The molecule has 0 bridgehead atoms. The van der Waals surface area contributed by atoms with Crippen LogP contribution in [-0.4, -0.2) is 70.1 Å². The van der Waals surface area contributed by atoms with E-state index < -0.39 is 9.84 Å². The van der Waals surface area contributed by atoms with Crippen molar-refractivity contribution in [3.8, 4) is 0 Å². The van der Waals surface area contributed by atoms with Crippen LogP contribution in [0.15, 0.2) is 4.99 Å². The molecule has 6 nitrogen and oxygen atoms in total. The number of guanidine groups is 1. The molecule has 0 aromatic rings. The van der Waals surface area contributed by atoms with E-state index in [9.17, 15) is 8.42 Å². The average molecular weight is 488 g/mol. The quantitative estimate of drug-likeness (QED) is 0.296. The first kappa shape index (κ1) is 24.9. The molecule has 0 spiro atoms. The standard InChI is InChI=1S/C17H36N4O2S.HI/c1-14(2)12-16(21-9-6-7-10-21)13-19-17(18-4)20-15(3)8-11-24(5,22)23;/h14-16H,6-13H2,1-5H3,(H2,18,19,20);1H. The number of hydrogen-bond acceptors (Lipinski definition) is 4. The second-order valence-electron chi connectivity index (χ2n) is 7.44. The van der Waals surface area contributed by atoms with Gasteiger partial charge in [-0.25, -0.2) is 8.42 Å². The fourth-order valence-electron chi connectivity index (χ4n) is 3.12. The highest BCUT2D eigenvalue weighted by atomic mass is 127. The van der Waals surface area contributed by atoms with Crippen LogP contribution in [-0.2, 0) is 9.84 Å². The predicted octanol–water partition coefficient (Wildman–Crippen LogP) is 2.10. The number of hydrogen-bond donors (Lipinski definition) is 2. The lowest BCUT2D eigenvalue weighted by Crippen LogP contribution is -2.49. The van der Waals surface area contributed by atoms with Gasteiger partial charge in [-0.3, -0.25) is 9.89 Å². The average Bonchev–Trinajstić information content (AvgIpc) is 3.01. The van der Waals surface area contributed by atoms with Crippen molar-refractivity contribution in [2.75, 3.05) is 38.7 Å². The summed E-state index contributed by atoms with van der Waals surface area (Å²) in [4.78, 5) is 6.85. The Hall–Kier alpha value is -0.0900. The minimum atomic E-state index is -2.92. The van der Waals surface area contributed by atoms with Crippen molar-refractivity contribution in [3.05, 3.63) is 0 Å². The van der Waals surface area contributed by atoms with Gasteiger partial charge in [0.25, 0.3) is 0 Å². The molecule has 0 aromatic carbocycles. The molecule has 0 radical (unpaired) electrons. The van der Waals surface area contributed by atoms with Gasteiger partial charge in [0.1, 0.15) is 9.84 Å². The Morgan fingerprint density at radius 1 is 1.20 bits per heavy atom. The van der Waals surface area contributed by atoms with Gasteiger partial charge in [0.2, 0.25) is 0 Å². The zero-order chi connectivity index (χ0) is 18.2. The molecule has 1 saturated heterocycles. The molecule has 2 unspecified atom stereocenters. The molecule has 150 valence electrons. The van der Waals surface area contributed by atoms with E-state index in [1.807, 2.05) is 6.92 Å². The summed E-state index contributed by atoms with van der Waals surface area (Å²) in [7, 11) is -1.16. The number of halogens is 1. The highest BCUT2D eigenvalue weighted by Crippen LogP contribution is 2.17. The summed E-state index contributed by atoms with van der Waals surface area (Å²) in [6.45, 7) is 9.78. The van der Waals surface area contributed by atoms with E-state index in [-0.39, 0.29) is 35.8 Å². The Balaban J connectivity index is 0.00000576. The van der Waals surface area contributed by atoms with Gasteiger partial charge >= 0.3 is 0 Å². The Bertz CT molecular complexity index is 491. The van der Waals surface area contributed by atoms with E-state index in [0.29, 0.717) is 18.4 Å². The molecular formula is C17H37IN4O2S. The Morgan fingerprint density at radius 2 is 1.80 bits per heavy atom. The maximum absolute atomic E-state index is 11.3. The van der Waals surface area contributed by atoms with Crippen LogP contribution in [0.1, 0.15) is 46.5 Å². The maximum atomic E-state index is 11.3. The molecule has 0 amide bonds. The monoisotopic (exact) mass is 488 g/mol. The first-order valence-corrected chi connectivity index (χ1v) is 11.2. The van der Waals surface area contributed by atoms with Crippen LogP contribution >= 0.6 is 24.0 Å². The number of likely N-dealkylation sites (tertiary alicyclic amines) is 1. The van der Waals surface area contributed by atoms with Crippen LogP contribution in [0, 0.1) is 5.92 Å². The third kappa shape index (κ3) is 11.3. The largest absolute Gasteiger partial charge is 0.355 e. The molecular weight excluding hydrogens is 451 g/mol. The van der Waals surface area contributed by atoms with Crippen molar-refractivity contribution in [2.45, 2.75) is 58.5 Å². The van der Waals surface area contributed by atoms with E-state index in [1.165, 1.54) is 38.6 Å². The zero-order valence-corrected chi connectivity index (χ0v) is 19.6. The van der Waals surface area contributed by atoms with Crippen molar-refractivity contribution in [3.63, 3.8) is 0 Å². The number of sulfone groups is 1. The van der Waals surface area contributed by atoms with Crippen LogP contribution in [0.3, 0.4) is 0 Å². The molecule has 2 atom stereocenters. The smallest absolute Gasteiger partial charge is 0.191 e. The molecule has 1 aliphatic rings. The third-order valence-corrected chi connectivity index (χ3v) is 5.41. The fraction of sp³-hybridized carbons (Fsp3) is 0.941. The Kier molecular flexibility index (Phi) is 12.3. The summed E-state index contributed by atoms with van der Waals surface area (Å²) < 4.78 is 22.6. The summed E-state index contributed by atoms with van der Waals surface area (Å²) in [5, 5.41) is 6.72. The minimum Gasteiger partial charge on any atom is -0.355 e. The van der Waals surface area contributed by atoms with Gasteiger partial charge in [-0.05, 0) is 51.6 Å². The summed E-state index contributed by atoms with van der Waals surface area (Å²) in [6.07, 6.45) is 5.63. The summed E-state index contributed by atoms with van der Waals surface area (Å²) in [5.41, 5.74) is 0. The number of rotatable bonds is 9. The van der Waals surface area contributed by atoms with Crippen molar-refractivity contribution < 1.29 is 8.42 Å². The third-order valence-electron chi connectivity index (χ3n) is 4.43. The van der Waals surface area contributed by atoms with E-state index in [4.69, 9.17) is 0 Å².